The van der Waals surface area contributed by atoms with Gasteiger partial charge in [0.2, 0.25) is 11.8 Å². The van der Waals surface area contributed by atoms with Crippen LogP contribution in [0.3, 0.4) is 0 Å². The van der Waals surface area contributed by atoms with Gasteiger partial charge in [-0.3, -0.25) is 29.2 Å². The highest BCUT2D eigenvalue weighted by molar-refractivity contribution is 6.04. The van der Waals surface area contributed by atoms with Gasteiger partial charge in [-0.15, -0.1) is 0 Å². The van der Waals surface area contributed by atoms with E-state index in [1.54, 1.807) is 30.0 Å². The van der Waals surface area contributed by atoms with Crippen LogP contribution < -0.4 is 21.1 Å². The van der Waals surface area contributed by atoms with Crippen molar-refractivity contribution in [3.63, 3.8) is 0 Å². The van der Waals surface area contributed by atoms with Crippen LogP contribution in [0.2, 0.25) is 0 Å². The van der Waals surface area contributed by atoms with Crippen molar-refractivity contribution in [1.82, 2.24) is 20.2 Å². The highest BCUT2D eigenvalue weighted by Crippen LogP contribution is 2.60. The van der Waals surface area contributed by atoms with Crippen LogP contribution >= 0.6 is 0 Å². The number of fused-ring (bicyclic) bond motifs is 5. The number of carbonyl (C=O) groups is 2. The molecule has 2 fully saturated rings. The van der Waals surface area contributed by atoms with E-state index < -0.39 is 35.8 Å². The van der Waals surface area contributed by atoms with Gasteiger partial charge in [-0.05, 0) is 37.1 Å². The van der Waals surface area contributed by atoms with Crippen molar-refractivity contribution in [2.75, 3.05) is 4.90 Å². The molecule has 2 amide bonds. The normalized spacial score (nSPS) is 32.1. The van der Waals surface area contributed by atoms with Gasteiger partial charge in [0.1, 0.15) is 30.1 Å². The Labute approximate surface area is 188 Å². The highest BCUT2D eigenvalue weighted by Gasteiger charge is 2.67. The van der Waals surface area contributed by atoms with Gasteiger partial charge in [0.05, 0.1) is 22.4 Å². The number of nitrogens with zero attached hydrogens (tertiary/aromatic N) is 3. The summed E-state index contributed by atoms with van der Waals surface area (Å²) in [4.78, 5) is 46.3. The van der Waals surface area contributed by atoms with E-state index in [1.807, 2.05) is 30.3 Å². The molecule has 3 N–H and O–H groups in total. The first-order valence-electron chi connectivity index (χ1n) is 11.1. The molecule has 0 aliphatic carbocycles. The summed E-state index contributed by atoms with van der Waals surface area (Å²) in [6.45, 7) is 1.59. The summed E-state index contributed by atoms with van der Waals surface area (Å²) in [6, 6.07) is 12.7. The Balaban J connectivity index is 1.51. The largest absolute Gasteiger partial charge is 0.391 e. The van der Waals surface area contributed by atoms with Gasteiger partial charge in [0.15, 0.2) is 0 Å². The number of amides is 2. The van der Waals surface area contributed by atoms with Crippen molar-refractivity contribution in [1.29, 1.82) is 0 Å². The number of benzene rings is 2. The van der Waals surface area contributed by atoms with Crippen molar-refractivity contribution < 1.29 is 14.7 Å². The minimum atomic E-state index is -0.875. The Morgan fingerprint density at radius 2 is 1.88 bits per heavy atom. The van der Waals surface area contributed by atoms with Crippen LogP contribution in [0.1, 0.15) is 36.8 Å². The van der Waals surface area contributed by atoms with Crippen molar-refractivity contribution in [3.8, 4) is 0 Å². The molecule has 6 heterocycles. The maximum atomic E-state index is 13.4. The summed E-state index contributed by atoms with van der Waals surface area (Å²) in [5.41, 5.74) is 1.32. The summed E-state index contributed by atoms with van der Waals surface area (Å²) >= 11 is 0. The zero-order valence-electron chi connectivity index (χ0n) is 17.7. The minimum absolute atomic E-state index is 0.198. The maximum Gasteiger partial charge on any atom is 0.262 e. The number of piperidine rings is 1. The van der Waals surface area contributed by atoms with E-state index in [0.29, 0.717) is 23.1 Å². The highest BCUT2D eigenvalue weighted by atomic mass is 16.3. The zero-order chi connectivity index (χ0) is 22.6. The molecule has 166 valence electrons. The van der Waals surface area contributed by atoms with Gasteiger partial charge in [-0.25, -0.2) is 4.98 Å². The number of para-hydroxylation sites is 2. The molecule has 9 nitrogen and oxygen atoms in total. The fourth-order valence-corrected chi connectivity index (χ4v) is 6.40. The average molecular weight is 443 g/mol. The topological polar surface area (TPSA) is 117 Å². The number of aliphatic hydroxyl groups is 1. The first-order valence-corrected chi connectivity index (χ1v) is 11.1. The lowest BCUT2D eigenvalue weighted by atomic mass is 9.64. The summed E-state index contributed by atoms with van der Waals surface area (Å²) in [6.07, 6.45) is -1.01. The van der Waals surface area contributed by atoms with Crippen LogP contribution in [0.15, 0.2) is 53.3 Å². The number of anilines is 1. The number of nitrogens with one attached hydrogen (secondary N) is 2. The second kappa shape index (κ2) is 6.06. The number of rotatable bonds is 1. The zero-order valence-corrected chi connectivity index (χ0v) is 17.7. The molecule has 2 saturated heterocycles. The molecule has 5 aliphatic heterocycles. The molecule has 5 aliphatic rings. The predicted molar refractivity (Wildman–Crippen MR) is 119 cm³/mol. The number of aromatic nitrogens is 2. The first kappa shape index (κ1) is 19.0. The smallest absolute Gasteiger partial charge is 0.262 e. The first-order chi connectivity index (χ1) is 15.9. The quantitative estimate of drug-likeness (QED) is 0.504. The molecule has 1 aromatic heterocycles. The van der Waals surface area contributed by atoms with Crippen LogP contribution in [0.5, 0.6) is 0 Å². The number of carbonyl (C=O) groups excluding carboxylic acids is 2. The van der Waals surface area contributed by atoms with Gasteiger partial charge in [0.25, 0.3) is 5.56 Å². The Hall–Kier alpha value is -3.56. The van der Waals surface area contributed by atoms with Gasteiger partial charge < -0.3 is 10.4 Å². The third kappa shape index (κ3) is 2.09. The molecule has 33 heavy (non-hydrogen) atoms. The lowest BCUT2D eigenvalue weighted by Crippen LogP contribution is -2.66. The number of aliphatic hydroxyl groups excluding tert-OH is 1. The van der Waals surface area contributed by atoms with Gasteiger partial charge >= 0.3 is 0 Å². The molecule has 9 heteroatoms. The van der Waals surface area contributed by atoms with E-state index in [0.717, 1.165) is 11.3 Å². The summed E-state index contributed by atoms with van der Waals surface area (Å²) in [7, 11) is 0. The van der Waals surface area contributed by atoms with E-state index >= 15 is 0 Å². The summed E-state index contributed by atoms with van der Waals surface area (Å²) in [5, 5.41) is 17.2. The van der Waals surface area contributed by atoms with E-state index in [9.17, 15) is 19.5 Å². The minimum Gasteiger partial charge on any atom is -0.391 e. The van der Waals surface area contributed by atoms with Crippen LogP contribution in [0.4, 0.5) is 5.69 Å². The van der Waals surface area contributed by atoms with E-state index in [1.165, 1.54) is 4.57 Å². The predicted octanol–water partition coefficient (Wildman–Crippen LogP) is 0.475. The third-order valence-electron chi connectivity index (χ3n) is 7.77. The Morgan fingerprint density at radius 1 is 1.12 bits per heavy atom. The number of hydrogen-bond donors (Lipinski definition) is 3. The van der Waals surface area contributed by atoms with E-state index in [-0.39, 0.29) is 17.4 Å². The Bertz CT molecular complexity index is 1450. The van der Waals surface area contributed by atoms with Crippen LogP contribution in [0.25, 0.3) is 10.9 Å². The molecular weight excluding hydrogens is 422 g/mol. The fraction of sp³-hybridized carbons (Fsp3) is 0.333. The van der Waals surface area contributed by atoms with Crippen LogP contribution in [-0.2, 0) is 15.0 Å². The molecular formula is C24H21N5O4. The fourth-order valence-electron chi connectivity index (χ4n) is 6.40. The lowest BCUT2D eigenvalue weighted by molar-refractivity contribution is -0.132. The Kier molecular flexibility index (Phi) is 3.48. The second-order valence-electron chi connectivity index (χ2n) is 9.38. The van der Waals surface area contributed by atoms with Crippen molar-refractivity contribution in [2.24, 2.45) is 0 Å². The molecule has 2 bridgehead atoms. The van der Waals surface area contributed by atoms with Crippen molar-refractivity contribution in [3.05, 3.63) is 70.3 Å². The van der Waals surface area contributed by atoms with Gasteiger partial charge in [0, 0.05) is 5.69 Å². The average Bonchev–Trinajstić information content (AvgIpc) is 3.29. The molecule has 8 rings (SSSR count). The van der Waals surface area contributed by atoms with Gasteiger partial charge in [-0.1, -0.05) is 30.3 Å². The molecule has 2 aromatic carbocycles. The van der Waals surface area contributed by atoms with E-state index in [4.69, 9.17) is 4.98 Å². The molecule has 3 aromatic rings. The molecule has 6 atom stereocenters. The third-order valence-corrected chi connectivity index (χ3v) is 7.77. The van der Waals surface area contributed by atoms with Gasteiger partial charge in [-0.2, -0.15) is 0 Å². The summed E-state index contributed by atoms with van der Waals surface area (Å²) < 4.78 is 1.53. The second-order valence-corrected chi connectivity index (χ2v) is 9.38. The Morgan fingerprint density at radius 3 is 2.70 bits per heavy atom. The molecule has 0 radical (unpaired) electrons. The standard InChI is InChI=1S/C24H21N5O4/c1-11(30)17-22(33)29-15-9-5-3-7-13(15)24(23(29)26-17)10-16-20(31)27-18(24)19-25-14-8-4-2-6-12(14)21(32)28(16)19/h2-9,11,16-18,23,26,30H,10H2,1H3,(H,27,31)/t11-,16?,17-,18?,23-,24?/m0/s1. The number of hydrogen-bond acceptors (Lipinski definition) is 6. The lowest BCUT2D eigenvalue weighted by Gasteiger charge is -2.52. The van der Waals surface area contributed by atoms with Crippen molar-refractivity contribution in [2.45, 2.75) is 49.2 Å². The molecule has 1 spiro atoms. The SMILES string of the molecule is C[C@H](O)[C@@H]1N[C@H]2N(C1=O)c1ccccc1C21CC2C(=O)NC1c1nc3ccccc3c(=O)n12. The van der Waals surface area contributed by atoms with Crippen LogP contribution in [-0.4, -0.2) is 44.8 Å². The van der Waals surface area contributed by atoms with Crippen LogP contribution in [0, 0.1) is 0 Å². The maximum absolute atomic E-state index is 13.4. The summed E-state index contributed by atoms with van der Waals surface area (Å²) in [5.74, 6) is 0.0848. The monoisotopic (exact) mass is 443 g/mol. The molecule has 3 unspecified atom stereocenters. The van der Waals surface area contributed by atoms with E-state index in [2.05, 4.69) is 10.6 Å². The molecule has 0 saturated carbocycles. The van der Waals surface area contributed by atoms with Crippen molar-refractivity contribution >= 4 is 28.4 Å².